The summed E-state index contributed by atoms with van der Waals surface area (Å²) in [5.74, 6) is 0.339. The van der Waals surface area contributed by atoms with Crippen LogP contribution in [-0.2, 0) is 0 Å². The molecule has 0 spiro atoms. The first-order valence-electron chi connectivity index (χ1n) is 10.4. The molecule has 6 nitrogen and oxygen atoms in total. The van der Waals surface area contributed by atoms with Crippen molar-refractivity contribution in [2.75, 3.05) is 11.9 Å². The van der Waals surface area contributed by atoms with Gasteiger partial charge in [0.2, 0.25) is 0 Å². The van der Waals surface area contributed by atoms with E-state index < -0.39 is 0 Å². The number of amides is 1. The van der Waals surface area contributed by atoms with Gasteiger partial charge in [0.1, 0.15) is 12.4 Å². The lowest BCUT2D eigenvalue weighted by atomic mass is 10.1. The van der Waals surface area contributed by atoms with Crippen LogP contribution in [0.15, 0.2) is 100 Å². The van der Waals surface area contributed by atoms with Gasteiger partial charge in [0, 0.05) is 32.2 Å². The SMILES string of the molecule is C=CCOc1ccc(Br)cc1/C=N\NC(=O)c1ccc(-c2csc(Nc3ccccc3)n2)cc1. The van der Waals surface area contributed by atoms with Gasteiger partial charge in [0.15, 0.2) is 5.13 Å². The third-order valence-corrected chi connectivity index (χ3v) is 5.92. The Labute approximate surface area is 210 Å². The first kappa shape index (κ1) is 23.4. The van der Waals surface area contributed by atoms with E-state index in [2.05, 4.69) is 43.3 Å². The van der Waals surface area contributed by atoms with Crippen LogP contribution in [0.1, 0.15) is 15.9 Å². The van der Waals surface area contributed by atoms with E-state index >= 15 is 0 Å². The Bertz CT molecular complexity index is 1300. The summed E-state index contributed by atoms with van der Waals surface area (Å²) < 4.78 is 6.50. The van der Waals surface area contributed by atoms with Gasteiger partial charge in [-0.2, -0.15) is 5.10 Å². The maximum atomic E-state index is 12.5. The Morgan fingerprint density at radius 2 is 1.91 bits per heavy atom. The fourth-order valence-electron chi connectivity index (χ4n) is 3.03. The number of thiazole rings is 1. The van der Waals surface area contributed by atoms with Crippen molar-refractivity contribution >= 4 is 50.2 Å². The first-order chi connectivity index (χ1) is 16.6. The van der Waals surface area contributed by atoms with Crippen molar-refractivity contribution in [3.63, 3.8) is 0 Å². The average molecular weight is 533 g/mol. The molecule has 2 N–H and O–H groups in total. The lowest BCUT2D eigenvalue weighted by molar-refractivity contribution is 0.0955. The van der Waals surface area contributed by atoms with Crippen LogP contribution in [0.5, 0.6) is 5.75 Å². The second-order valence-corrected chi connectivity index (χ2v) is 8.86. The quantitative estimate of drug-likeness (QED) is 0.144. The number of hydrazone groups is 1. The van der Waals surface area contributed by atoms with Crippen LogP contribution in [-0.4, -0.2) is 23.7 Å². The molecule has 8 heteroatoms. The van der Waals surface area contributed by atoms with Crippen molar-refractivity contribution in [2.45, 2.75) is 0 Å². The third-order valence-electron chi connectivity index (χ3n) is 4.67. The molecule has 170 valence electrons. The second kappa shape index (κ2) is 11.4. The number of para-hydroxylation sites is 1. The topological polar surface area (TPSA) is 75.6 Å². The first-order valence-corrected chi connectivity index (χ1v) is 12.0. The molecule has 0 aliphatic heterocycles. The van der Waals surface area contributed by atoms with Crippen LogP contribution in [0, 0.1) is 0 Å². The van der Waals surface area contributed by atoms with Gasteiger partial charge in [-0.25, -0.2) is 10.4 Å². The molecule has 0 radical (unpaired) electrons. The highest BCUT2D eigenvalue weighted by atomic mass is 79.9. The fourth-order valence-corrected chi connectivity index (χ4v) is 4.15. The minimum absolute atomic E-state index is 0.309. The number of halogens is 1. The molecule has 1 amide bonds. The molecule has 0 fully saturated rings. The predicted molar refractivity (Wildman–Crippen MR) is 142 cm³/mol. The zero-order valence-corrected chi connectivity index (χ0v) is 20.5. The van der Waals surface area contributed by atoms with E-state index in [0.717, 1.165) is 32.1 Å². The summed E-state index contributed by atoms with van der Waals surface area (Å²) in [5, 5.41) is 10.2. The normalized spacial score (nSPS) is 10.7. The lowest BCUT2D eigenvalue weighted by Gasteiger charge is -2.07. The molecule has 3 aromatic carbocycles. The molecule has 34 heavy (non-hydrogen) atoms. The van der Waals surface area contributed by atoms with Gasteiger partial charge in [-0.05, 0) is 42.5 Å². The molecule has 0 unspecified atom stereocenters. The molecule has 1 aromatic heterocycles. The van der Waals surface area contributed by atoms with Crippen LogP contribution < -0.4 is 15.5 Å². The van der Waals surface area contributed by atoms with Gasteiger partial charge < -0.3 is 10.1 Å². The largest absolute Gasteiger partial charge is 0.489 e. The molecule has 4 rings (SSSR count). The number of nitrogens with one attached hydrogen (secondary N) is 2. The van der Waals surface area contributed by atoms with E-state index in [0.29, 0.717) is 17.9 Å². The van der Waals surface area contributed by atoms with E-state index in [9.17, 15) is 4.79 Å². The van der Waals surface area contributed by atoms with Crippen LogP contribution in [0.2, 0.25) is 0 Å². The van der Waals surface area contributed by atoms with Gasteiger partial charge in [-0.1, -0.05) is 58.9 Å². The maximum absolute atomic E-state index is 12.5. The van der Waals surface area contributed by atoms with Crippen molar-refractivity contribution in [2.24, 2.45) is 5.10 Å². The Balaban J connectivity index is 1.38. The average Bonchev–Trinajstić information content (AvgIpc) is 3.32. The summed E-state index contributed by atoms with van der Waals surface area (Å²) in [6, 6.07) is 22.7. The predicted octanol–water partition coefficient (Wildman–Crippen LogP) is 6.64. The van der Waals surface area contributed by atoms with Gasteiger partial charge in [0.05, 0.1) is 11.9 Å². The number of carbonyl (C=O) groups is 1. The van der Waals surface area contributed by atoms with Crippen molar-refractivity contribution in [1.82, 2.24) is 10.4 Å². The summed E-state index contributed by atoms with van der Waals surface area (Å²) in [7, 11) is 0. The zero-order valence-electron chi connectivity index (χ0n) is 18.1. The molecule has 1 heterocycles. The van der Waals surface area contributed by atoms with Crippen molar-refractivity contribution < 1.29 is 9.53 Å². The van der Waals surface area contributed by atoms with E-state index in [4.69, 9.17) is 4.74 Å². The second-order valence-electron chi connectivity index (χ2n) is 7.09. The monoisotopic (exact) mass is 532 g/mol. The van der Waals surface area contributed by atoms with E-state index in [1.54, 1.807) is 24.4 Å². The molecule has 0 aliphatic carbocycles. The highest BCUT2D eigenvalue weighted by Crippen LogP contribution is 2.27. The minimum atomic E-state index is -0.309. The van der Waals surface area contributed by atoms with E-state index in [-0.39, 0.29) is 5.91 Å². The number of carbonyl (C=O) groups excluding carboxylic acids is 1. The van der Waals surface area contributed by atoms with Gasteiger partial charge in [0.25, 0.3) is 5.91 Å². The van der Waals surface area contributed by atoms with Crippen molar-refractivity contribution in [3.8, 4) is 17.0 Å². The Hall–Kier alpha value is -3.75. The number of aromatic nitrogens is 1. The summed E-state index contributed by atoms with van der Waals surface area (Å²) in [4.78, 5) is 17.1. The highest BCUT2D eigenvalue weighted by molar-refractivity contribution is 9.10. The van der Waals surface area contributed by atoms with E-state index in [1.807, 2.05) is 66.0 Å². The number of benzene rings is 3. The molecular formula is C26H21BrN4O2S. The number of hydrogen-bond donors (Lipinski definition) is 2. The standard InChI is InChI=1S/C26H21BrN4O2S/c1-2-14-33-24-13-12-21(27)15-20(24)16-28-31-25(32)19-10-8-18(9-11-19)23-17-34-26(30-23)29-22-6-4-3-5-7-22/h2-13,15-17H,1,14H2,(H,29,30)(H,31,32)/b28-16-. The smallest absolute Gasteiger partial charge is 0.271 e. The number of nitrogens with zero attached hydrogens (tertiary/aromatic N) is 2. The summed E-state index contributed by atoms with van der Waals surface area (Å²) in [5.41, 5.74) is 6.54. The van der Waals surface area contributed by atoms with Crippen molar-refractivity contribution in [3.05, 3.63) is 106 Å². The number of anilines is 2. The highest BCUT2D eigenvalue weighted by Gasteiger charge is 2.08. The molecule has 4 aromatic rings. The van der Waals surface area contributed by atoms with Gasteiger partial charge >= 0.3 is 0 Å². The molecule has 0 bridgehead atoms. The number of hydrogen-bond acceptors (Lipinski definition) is 6. The van der Waals surface area contributed by atoms with E-state index in [1.165, 1.54) is 11.3 Å². The summed E-state index contributed by atoms with van der Waals surface area (Å²) in [6.45, 7) is 4.03. The van der Waals surface area contributed by atoms with Gasteiger partial charge in [-0.3, -0.25) is 4.79 Å². The van der Waals surface area contributed by atoms with Crippen LogP contribution in [0.25, 0.3) is 11.3 Å². The van der Waals surface area contributed by atoms with Crippen LogP contribution in [0.4, 0.5) is 10.8 Å². The summed E-state index contributed by atoms with van der Waals surface area (Å²) in [6.07, 6.45) is 3.21. The van der Waals surface area contributed by atoms with Crippen molar-refractivity contribution in [1.29, 1.82) is 0 Å². The Morgan fingerprint density at radius 3 is 2.68 bits per heavy atom. The maximum Gasteiger partial charge on any atom is 0.271 e. The third kappa shape index (κ3) is 6.18. The van der Waals surface area contributed by atoms with Crippen LogP contribution in [0.3, 0.4) is 0 Å². The Morgan fingerprint density at radius 1 is 1.12 bits per heavy atom. The van der Waals surface area contributed by atoms with Crippen LogP contribution >= 0.6 is 27.3 Å². The summed E-state index contributed by atoms with van der Waals surface area (Å²) >= 11 is 4.96. The number of rotatable bonds is 9. The van der Waals surface area contributed by atoms with Gasteiger partial charge in [-0.15, -0.1) is 11.3 Å². The number of ether oxygens (including phenoxy) is 1. The Kier molecular flexibility index (Phi) is 7.85. The lowest BCUT2D eigenvalue weighted by Crippen LogP contribution is -2.17. The zero-order chi connectivity index (χ0) is 23.8. The molecular weight excluding hydrogens is 512 g/mol. The molecule has 0 saturated heterocycles. The fraction of sp³-hybridized carbons (Fsp3) is 0.0385. The molecule has 0 aliphatic rings. The molecule has 0 atom stereocenters. The molecule has 0 saturated carbocycles. The minimum Gasteiger partial charge on any atom is -0.489 e.